The van der Waals surface area contributed by atoms with Crippen molar-refractivity contribution in [3.8, 4) is 0 Å². The fraction of sp³-hybridized carbons (Fsp3) is 1.00. The van der Waals surface area contributed by atoms with Gasteiger partial charge in [-0.05, 0) is 0 Å². The monoisotopic (exact) mass is 234 g/mol. The Bertz CT molecular complexity index is 192. The van der Waals surface area contributed by atoms with Gasteiger partial charge in [-0.15, -0.1) is 0 Å². The van der Waals surface area contributed by atoms with Gasteiger partial charge in [-0.2, -0.15) is 30.7 Å². The third kappa shape index (κ3) is 2.24. The minimum atomic E-state index is -6.16. The molecule has 0 aromatic heterocycles. The van der Waals surface area contributed by atoms with Crippen LogP contribution in [0.3, 0.4) is 0 Å². The molecule has 0 fully saturated rings. The van der Waals surface area contributed by atoms with Gasteiger partial charge in [0.15, 0.2) is 6.67 Å². The van der Waals surface area contributed by atoms with E-state index < -0.39 is 30.9 Å². The smallest absolute Gasteiger partial charge is 0.244 e. The molecule has 0 radical (unpaired) electrons. The maximum absolute atomic E-state index is 12.0. The molecule has 0 aromatic carbocycles. The van der Waals surface area contributed by atoms with Gasteiger partial charge in [-0.3, -0.25) is 0 Å². The van der Waals surface area contributed by atoms with Crippen LogP contribution >= 0.6 is 0 Å². The quantitative estimate of drug-likeness (QED) is 0.658. The Morgan fingerprint density at radius 1 is 0.857 bits per heavy atom. The summed E-state index contributed by atoms with van der Waals surface area (Å²) in [5, 5.41) is 0. The standard InChI is InChI=1S/C5H3F9/c6-1-3(8,9)4(10,11)2(7)5(12,13)14/h2H,1H2. The molecule has 0 aromatic rings. The van der Waals surface area contributed by atoms with Gasteiger partial charge in [0.25, 0.3) is 6.17 Å². The van der Waals surface area contributed by atoms with E-state index >= 15 is 0 Å². The summed E-state index contributed by atoms with van der Waals surface area (Å²) in [6.45, 7) is -3.07. The van der Waals surface area contributed by atoms with E-state index in [1.165, 1.54) is 0 Å². The Hall–Kier alpha value is -0.630. The highest BCUT2D eigenvalue weighted by Gasteiger charge is 2.69. The Balaban J connectivity index is 4.96. The Morgan fingerprint density at radius 2 is 1.21 bits per heavy atom. The lowest BCUT2D eigenvalue weighted by Crippen LogP contribution is -2.54. The van der Waals surface area contributed by atoms with Crippen LogP contribution in [0.15, 0.2) is 0 Å². The molecule has 1 unspecified atom stereocenters. The van der Waals surface area contributed by atoms with Crippen LogP contribution in [0, 0.1) is 0 Å². The molecule has 0 aliphatic carbocycles. The molecule has 0 rings (SSSR count). The SMILES string of the molecule is FCC(F)(F)C(F)(F)C(F)C(F)(F)F. The molecule has 0 spiro atoms. The van der Waals surface area contributed by atoms with Gasteiger partial charge >= 0.3 is 18.0 Å². The lowest BCUT2D eigenvalue weighted by molar-refractivity contribution is -0.308. The van der Waals surface area contributed by atoms with Crippen molar-refractivity contribution in [3.63, 3.8) is 0 Å². The third-order valence-corrected chi connectivity index (χ3v) is 1.26. The Morgan fingerprint density at radius 3 is 1.43 bits per heavy atom. The van der Waals surface area contributed by atoms with E-state index in [9.17, 15) is 39.5 Å². The second kappa shape index (κ2) is 3.50. The topological polar surface area (TPSA) is 0 Å². The first-order valence-corrected chi connectivity index (χ1v) is 2.99. The normalized spacial score (nSPS) is 16.9. The van der Waals surface area contributed by atoms with Gasteiger partial charge in [0.1, 0.15) is 0 Å². The van der Waals surface area contributed by atoms with Crippen LogP contribution in [0.1, 0.15) is 0 Å². The van der Waals surface area contributed by atoms with Crippen LogP contribution in [0.2, 0.25) is 0 Å². The number of alkyl halides is 9. The Kier molecular flexibility index (Phi) is 3.34. The molecule has 0 amide bonds. The molecule has 0 heterocycles. The molecule has 0 aliphatic heterocycles. The first kappa shape index (κ1) is 13.4. The van der Waals surface area contributed by atoms with Crippen LogP contribution in [0.5, 0.6) is 0 Å². The van der Waals surface area contributed by atoms with E-state index in [1.54, 1.807) is 0 Å². The fourth-order valence-electron chi connectivity index (χ4n) is 0.480. The zero-order valence-electron chi connectivity index (χ0n) is 6.19. The zero-order chi connectivity index (χ0) is 11.8. The van der Waals surface area contributed by atoms with Crippen molar-refractivity contribution in [2.24, 2.45) is 0 Å². The summed E-state index contributed by atoms with van der Waals surface area (Å²) in [6, 6.07) is 0. The van der Waals surface area contributed by atoms with Crippen LogP contribution in [0.4, 0.5) is 39.5 Å². The first-order chi connectivity index (χ1) is 5.97. The maximum Gasteiger partial charge on any atom is 0.425 e. The predicted octanol–water partition coefficient (Wildman–Crippen LogP) is 3.13. The van der Waals surface area contributed by atoms with E-state index in [0.29, 0.717) is 0 Å². The van der Waals surface area contributed by atoms with Crippen LogP contribution in [0.25, 0.3) is 0 Å². The Labute approximate surface area is 71.7 Å². The molecule has 0 saturated heterocycles. The highest BCUT2D eigenvalue weighted by molar-refractivity contribution is 4.94. The minimum Gasteiger partial charge on any atom is -0.244 e. The third-order valence-electron chi connectivity index (χ3n) is 1.26. The van der Waals surface area contributed by atoms with Crippen LogP contribution in [-0.4, -0.2) is 30.9 Å². The largest absolute Gasteiger partial charge is 0.425 e. The number of hydrogen-bond donors (Lipinski definition) is 0. The van der Waals surface area contributed by atoms with Gasteiger partial charge < -0.3 is 0 Å². The average molecular weight is 234 g/mol. The van der Waals surface area contributed by atoms with E-state index in [0.717, 1.165) is 0 Å². The van der Waals surface area contributed by atoms with Gasteiger partial charge in [0, 0.05) is 0 Å². The van der Waals surface area contributed by atoms with Gasteiger partial charge in [0.2, 0.25) is 0 Å². The molecule has 86 valence electrons. The number of hydrogen-bond acceptors (Lipinski definition) is 0. The maximum atomic E-state index is 12.0. The van der Waals surface area contributed by atoms with Gasteiger partial charge in [-0.25, -0.2) is 8.78 Å². The summed E-state index contributed by atoms with van der Waals surface area (Å²) >= 11 is 0. The molecule has 0 N–H and O–H groups in total. The summed E-state index contributed by atoms with van der Waals surface area (Å²) in [5.41, 5.74) is 0. The molecular formula is C5H3F9. The van der Waals surface area contributed by atoms with Crippen molar-refractivity contribution in [3.05, 3.63) is 0 Å². The molecule has 1 atom stereocenters. The molecule has 0 aliphatic rings. The predicted molar refractivity (Wildman–Crippen MR) is 26.8 cm³/mol. The second-order valence-electron chi connectivity index (χ2n) is 2.37. The van der Waals surface area contributed by atoms with E-state index in [-0.39, 0.29) is 0 Å². The van der Waals surface area contributed by atoms with Crippen LogP contribution < -0.4 is 0 Å². The zero-order valence-corrected chi connectivity index (χ0v) is 6.19. The lowest BCUT2D eigenvalue weighted by atomic mass is 10.1. The summed E-state index contributed by atoms with van der Waals surface area (Å²) in [7, 11) is 0. The average Bonchev–Trinajstić information content (AvgIpc) is 2.01. The van der Waals surface area contributed by atoms with Gasteiger partial charge in [-0.1, -0.05) is 0 Å². The molecule has 0 saturated carbocycles. The first-order valence-electron chi connectivity index (χ1n) is 2.99. The summed E-state index contributed by atoms with van der Waals surface area (Å²) in [6.07, 6.45) is -11.3. The summed E-state index contributed by atoms with van der Waals surface area (Å²) < 4.78 is 105. The molecule has 9 heteroatoms. The van der Waals surface area contributed by atoms with Crippen molar-refractivity contribution >= 4 is 0 Å². The molecule has 0 bridgehead atoms. The minimum absolute atomic E-state index is 3.07. The number of rotatable bonds is 3. The van der Waals surface area contributed by atoms with E-state index in [2.05, 4.69) is 0 Å². The van der Waals surface area contributed by atoms with Crippen molar-refractivity contribution in [2.45, 2.75) is 24.2 Å². The molecular weight excluding hydrogens is 231 g/mol. The summed E-state index contributed by atoms with van der Waals surface area (Å²) in [4.78, 5) is 0. The highest BCUT2D eigenvalue weighted by atomic mass is 19.4. The van der Waals surface area contributed by atoms with Crippen molar-refractivity contribution in [1.82, 2.24) is 0 Å². The van der Waals surface area contributed by atoms with Crippen LogP contribution in [-0.2, 0) is 0 Å². The lowest BCUT2D eigenvalue weighted by Gasteiger charge is -2.27. The van der Waals surface area contributed by atoms with Crippen molar-refractivity contribution < 1.29 is 39.5 Å². The van der Waals surface area contributed by atoms with Gasteiger partial charge in [0.05, 0.1) is 0 Å². The fourth-order valence-corrected chi connectivity index (χ4v) is 0.480. The highest BCUT2D eigenvalue weighted by Crippen LogP contribution is 2.44. The van der Waals surface area contributed by atoms with Crippen molar-refractivity contribution in [1.29, 1.82) is 0 Å². The summed E-state index contributed by atoms with van der Waals surface area (Å²) in [5.74, 6) is -11.8. The van der Waals surface area contributed by atoms with Crippen molar-refractivity contribution in [2.75, 3.05) is 6.67 Å². The number of halogens is 9. The molecule has 14 heavy (non-hydrogen) atoms. The molecule has 0 nitrogen and oxygen atoms in total. The second-order valence-corrected chi connectivity index (χ2v) is 2.37. The van der Waals surface area contributed by atoms with E-state index in [1.807, 2.05) is 0 Å². The van der Waals surface area contributed by atoms with E-state index in [4.69, 9.17) is 0 Å².